The lowest BCUT2D eigenvalue weighted by Crippen LogP contribution is -2.50. The van der Waals surface area contributed by atoms with Crippen LogP contribution in [0.3, 0.4) is 0 Å². The number of carbonyl (C=O) groups is 4. The highest BCUT2D eigenvalue weighted by molar-refractivity contribution is 8.13. The zero-order chi connectivity index (χ0) is 17.1. The van der Waals surface area contributed by atoms with E-state index in [9.17, 15) is 19.2 Å². The molecule has 3 N–H and O–H groups in total. The molecular weight excluding hydrogens is 312 g/mol. The highest BCUT2D eigenvalue weighted by Gasteiger charge is 2.24. The maximum atomic E-state index is 12.1. The number of ketones is 1. The molecule has 0 saturated heterocycles. The van der Waals surface area contributed by atoms with Crippen LogP contribution in [-0.4, -0.2) is 66.5 Å². The number of esters is 1. The van der Waals surface area contributed by atoms with Crippen LogP contribution in [0.4, 0.5) is 0 Å². The van der Waals surface area contributed by atoms with E-state index in [0.29, 0.717) is 0 Å². The molecule has 0 aliphatic rings. The molecule has 0 aromatic carbocycles. The minimum absolute atomic E-state index is 0.0495. The number of rotatable bonds is 10. The van der Waals surface area contributed by atoms with Crippen LogP contribution in [-0.2, 0) is 23.9 Å². The van der Waals surface area contributed by atoms with Gasteiger partial charge in [-0.05, 0) is 20.4 Å². The van der Waals surface area contributed by atoms with Gasteiger partial charge >= 0.3 is 5.97 Å². The molecule has 2 atom stereocenters. The van der Waals surface area contributed by atoms with Crippen molar-refractivity contribution in [3.63, 3.8) is 0 Å². The van der Waals surface area contributed by atoms with Crippen molar-refractivity contribution in [3.05, 3.63) is 0 Å². The second kappa shape index (κ2) is 11.2. The Bertz CT molecular complexity index is 415. The minimum atomic E-state index is -0.832. The lowest BCUT2D eigenvalue weighted by Gasteiger charge is -2.20. The first kappa shape index (κ1) is 20.6. The number of hydrogen-bond donors (Lipinski definition) is 3. The van der Waals surface area contributed by atoms with Crippen LogP contribution < -0.4 is 10.6 Å². The summed E-state index contributed by atoms with van der Waals surface area (Å²) in [6.07, 6.45) is 0.292. The summed E-state index contributed by atoms with van der Waals surface area (Å²) >= 11 is 0.777. The van der Waals surface area contributed by atoms with Crippen molar-refractivity contribution in [1.29, 1.82) is 0 Å². The molecule has 0 spiro atoms. The number of methoxy groups -OCH3 is 1. The zero-order valence-electron chi connectivity index (χ0n) is 12.9. The van der Waals surface area contributed by atoms with Crippen LogP contribution in [0.2, 0.25) is 0 Å². The second-order valence-corrected chi connectivity index (χ2v) is 5.55. The average molecular weight is 334 g/mol. The Morgan fingerprint density at radius 2 is 1.86 bits per heavy atom. The molecule has 0 heterocycles. The third kappa shape index (κ3) is 8.11. The summed E-state index contributed by atoms with van der Waals surface area (Å²) in [5, 5.41) is 13.5. The summed E-state index contributed by atoms with van der Waals surface area (Å²) in [5.41, 5.74) is 0. The van der Waals surface area contributed by atoms with Crippen molar-refractivity contribution < 1.29 is 29.0 Å². The van der Waals surface area contributed by atoms with Gasteiger partial charge < -0.3 is 20.5 Å². The molecule has 9 heteroatoms. The molecule has 0 bridgehead atoms. The molecule has 22 heavy (non-hydrogen) atoms. The van der Waals surface area contributed by atoms with Crippen LogP contribution in [0.15, 0.2) is 0 Å². The molecule has 0 aliphatic heterocycles. The van der Waals surface area contributed by atoms with Gasteiger partial charge in [-0.25, -0.2) is 0 Å². The van der Waals surface area contributed by atoms with Gasteiger partial charge in [0, 0.05) is 12.2 Å². The van der Waals surface area contributed by atoms with E-state index in [4.69, 9.17) is 5.11 Å². The number of likely N-dealkylation sites (N-methyl/N-ethyl adjacent to an activating group) is 1. The van der Waals surface area contributed by atoms with Crippen LogP contribution in [0.25, 0.3) is 0 Å². The number of ether oxygens (including phenoxy) is 1. The van der Waals surface area contributed by atoms with E-state index in [1.807, 2.05) is 0 Å². The van der Waals surface area contributed by atoms with Gasteiger partial charge in [0.25, 0.3) is 0 Å². The van der Waals surface area contributed by atoms with E-state index < -0.39 is 35.7 Å². The van der Waals surface area contributed by atoms with E-state index in [1.165, 1.54) is 14.0 Å². The summed E-state index contributed by atoms with van der Waals surface area (Å²) in [7, 11) is 2.83. The third-order valence-corrected chi connectivity index (χ3v) is 3.83. The van der Waals surface area contributed by atoms with E-state index in [1.54, 1.807) is 7.05 Å². The number of aliphatic hydroxyl groups excluding tert-OH is 1. The second-order valence-electron chi connectivity index (χ2n) is 4.47. The van der Waals surface area contributed by atoms with Gasteiger partial charge in [-0.2, -0.15) is 0 Å². The van der Waals surface area contributed by atoms with E-state index >= 15 is 0 Å². The SMILES string of the molecule is CN[C@@H](CCC(=O)OC)C(=O)N[C@@H](CSC(=O)CO)C(C)=O. The van der Waals surface area contributed by atoms with Gasteiger partial charge in [-0.3, -0.25) is 19.2 Å². The van der Waals surface area contributed by atoms with E-state index in [2.05, 4.69) is 15.4 Å². The van der Waals surface area contributed by atoms with Gasteiger partial charge in [-0.15, -0.1) is 0 Å². The van der Waals surface area contributed by atoms with Crippen molar-refractivity contribution in [1.82, 2.24) is 10.6 Å². The fourth-order valence-electron chi connectivity index (χ4n) is 1.53. The first-order chi connectivity index (χ1) is 10.3. The number of Topliss-reactive ketones (excluding diaryl/α,β-unsaturated/α-hetero) is 1. The fourth-order valence-corrected chi connectivity index (χ4v) is 2.29. The normalized spacial score (nSPS) is 13.1. The zero-order valence-corrected chi connectivity index (χ0v) is 13.7. The molecule has 0 aromatic rings. The van der Waals surface area contributed by atoms with Crippen LogP contribution in [0.1, 0.15) is 19.8 Å². The monoisotopic (exact) mass is 334 g/mol. The summed E-state index contributed by atoms with van der Waals surface area (Å²) in [5.74, 6) is -1.12. The lowest BCUT2D eigenvalue weighted by atomic mass is 10.1. The average Bonchev–Trinajstić information content (AvgIpc) is 2.50. The molecule has 0 aliphatic carbocycles. The Labute approximate surface area is 133 Å². The smallest absolute Gasteiger partial charge is 0.305 e. The maximum absolute atomic E-state index is 12.1. The molecule has 0 saturated carbocycles. The van der Waals surface area contributed by atoms with Gasteiger partial charge in [-0.1, -0.05) is 11.8 Å². The topological polar surface area (TPSA) is 122 Å². The Morgan fingerprint density at radius 3 is 2.32 bits per heavy atom. The Hall–Kier alpha value is -1.45. The van der Waals surface area contributed by atoms with Gasteiger partial charge in [0.1, 0.15) is 6.61 Å². The minimum Gasteiger partial charge on any atom is -0.469 e. The molecule has 0 rings (SSSR count). The predicted molar refractivity (Wildman–Crippen MR) is 81.3 cm³/mol. The molecule has 126 valence electrons. The highest BCUT2D eigenvalue weighted by atomic mass is 32.2. The quantitative estimate of drug-likeness (QED) is 0.428. The van der Waals surface area contributed by atoms with Gasteiger partial charge in [0.15, 0.2) is 5.78 Å². The summed E-state index contributed by atoms with van der Waals surface area (Å²) in [4.78, 5) is 45.7. The molecule has 1 amide bonds. The van der Waals surface area contributed by atoms with Crippen molar-refractivity contribution >= 4 is 34.5 Å². The van der Waals surface area contributed by atoms with Gasteiger partial charge in [0.2, 0.25) is 11.0 Å². The molecule has 0 unspecified atom stereocenters. The summed E-state index contributed by atoms with van der Waals surface area (Å²) in [6.45, 7) is 0.680. The summed E-state index contributed by atoms with van der Waals surface area (Å²) in [6, 6.07) is -1.48. The van der Waals surface area contributed by atoms with Crippen LogP contribution in [0, 0.1) is 0 Å². The highest BCUT2D eigenvalue weighted by Crippen LogP contribution is 2.06. The van der Waals surface area contributed by atoms with E-state index in [0.717, 1.165) is 11.8 Å². The van der Waals surface area contributed by atoms with Crippen molar-refractivity contribution in [2.75, 3.05) is 26.5 Å². The predicted octanol–water partition coefficient (Wildman–Crippen LogP) is -1.15. The number of thioether (sulfide) groups is 1. The maximum Gasteiger partial charge on any atom is 0.305 e. The molecular formula is C13H22N2O6S. The molecule has 0 aromatic heterocycles. The number of carbonyl (C=O) groups excluding carboxylic acids is 4. The number of hydrogen-bond acceptors (Lipinski definition) is 8. The standard InChI is InChI=1S/C13H22N2O6S/c1-8(17)10(7-22-12(19)6-16)15-13(20)9(14-2)4-5-11(18)21-3/h9-10,14,16H,4-7H2,1-3H3,(H,15,20)/t9-,10-/m0/s1. The van der Waals surface area contributed by atoms with Crippen molar-refractivity contribution in [2.45, 2.75) is 31.8 Å². The van der Waals surface area contributed by atoms with Crippen LogP contribution in [0.5, 0.6) is 0 Å². The van der Waals surface area contributed by atoms with E-state index in [-0.39, 0.29) is 24.4 Å². The van der Waals surface area contributed by atoms with Crippen molar-refractivity contribution in [3.8, 4) is 0 Å². The third-order valence-electron chi connectivity index (χ3n) is 2.88. The molecule has 8 nitrogen and oxygen atoms in total. The number of amides is 1. The summed E-state index contributed by atoms with van der Waals surface area (Å²) < 4.78 is 4.50. The fraction of sp³-hybridized carbons (Fsp3) is 0.692. The Kier molecular flexibility index (Phi) is 10.4. The van der Waals surface area contributed by atoms with Crippen molar-refractivity contribution in [2.24, 2.45) is 0 Å². The van der Waals surface area contributed by atoms with Crippen LogP contribution >= 0.6 is 11.8 Å². The van der Waals surface area contributed by atoms with Gasteiger partial charge in [0.05, 0.1) is 19.2 Å². The molecule has 0 radical (unpaired) electrons. The number of aliphatic hydroxyl groups is 1. The lowest BCUT2D eigenvalue weighted by molar-refractivity contribution is -0.141. The largest absolute Gasteiger partial charge is 0.469 e. The molecule has 0 fully saturated rings. The first-order valence-electron chi connectivity index (χ1n) is 6.67. The Morgan fingerprint density at radius 1 is 1.23 bits per heavy atom. The Balaban J connectivity index is 4.54. The number of nitrogens with one attached hydrogen (secondary N) is 2. The first-order valence-corrected chi connectivity index (χ1v) is 7.65.